The van der Waals surface area contributed by atoms with Gasteiger partial charge < -0.3 is 9.64 Å². The number of nitrogens with zero attached hydrogens (tertiary/aromatic N) is 1. The van der Waals surface area contributed by atoms with Crippen molar-refractivity contribution in [2.45, 2.75) is 5.41 Å². The molecule has 9 aromatic rings. The Morgan fingerprint density at radius 1 is 0.351 bits per heavy atom. The lowest BCUT2D eigenvalue weighted by molar-refractivity contribution is 0.484. The van der Waals surface area contributed by atoms with Crippen molar-refractivity contribution in [3.8, 4) is 44.9 Å². The highest BCUT2D eigenvalue weighted by atomic mass is 16.5. The average molecular weight is 730 g/mol. The van der Waals surface area contributed by atoms with Gasteiger partial charge in [0.25, 0.3) is 0 Å². The van der Waals surface area contributed by atoms with E-state index in [1.807, 2.05) is 30.3 Å². The summed E-state index contributed by atoms with van der Waals surface area (Å²) in [5.41, 5.74) is 14.3. The molecule has 0 unspecified atom stereocenters. The minimum absolute atomic E-state index is 0.675. The molecular formula is C55H39NO. The minimum atomic E-state index is -0.675. The number of para-hydroxylation sites is 1. The molecule has 0 spiro atoms. The van der Waals surface area contributed by atoms with Crippen LogP contribution in [-0.2, 0) is 5.41 Å². The molecule has 0 amide bonds. The fourth-order valence-electron chi connectivity index (χ4n) is 8.71. The second-order valence-electron chi connectivity index (χ2n) is 14.4. The van der Waals surface area contributed by atoms with Crippen LogP contribution in [0.4, 0.5) is 17.1 Å². The summed E-state index contributed by atoms with van der Waals surface area (Å²) in [7, 11) is 0. The van der Waals surface area contributed by atoms with E-state index in [4.69, 9.17) is 4.74 Å². The summed E-state index contributed by atoms with van der Waals surface area (Å²) in [6.45, 7) is 0. The number of ether oxygens (including phenoxy) is 1. The van der Waals surface area contributed by atoms with Crippen LogP contribution in [0, 0.1) is 0 Å². The molecule has 0 saturated heterocycles. The van der Waals surface area contributed by atoms with Crippen molar-refractivity contribution in [3.05, 3.63) is 259 Å². The second kappa shape index (κ2) is 14.7. The van der Waals surface area contributed by atoms with Gasteiger partial charge in [0.1, 0.15) is 11.5 Å². The van der Waals surface area contributed by atoms with Gasteiger partial charge in [-0.2, -0.15) is 0 Å². The predicted molar refractivity (Wildman–Crippen MR) is 236 cm³/mol. The molecule has 2 nitrogen and oxygen atoms in total. The number of rotatable bonds is 9. The molecule has 2 heteroatoms. The van der Waals surface area contributed by atoms with E-state index in [1.165, 1.54) is 44.5 Å². The number of benzene rings is 9. The summed E-state index contributed by atoms with van der Waals surface area (Å²) in [4.78, 5) is 2.43. The standard InChI is InChI=1S/C55H39NO/c1-6-18-40(19-7-1)42-30-34-46(35-31-42)56(47-36-32-43(33-37-47)41-20-8-2-9-21-41)51-38-39-52(57-48-26-14-5-15-27-48)53-49-28-16-17-29-50(49)55(54(51)53,44-22-10-3-11-23-44)45-24-12-4-13-25-45/h1-39H. The number of anilines is 3. The van der Waals surface area contributed by atoms with Crippen molar-refractivity contribution < 1.29 is 4.74 Å². The fraction of sp³-hybridized carbons (Fsp3) is 0.0182. The smallest absolute Gasteiger partial charge is 0.135 e. The molecular weight excluding hydrogens is 691 g/mol. The first-order valence-corrected chi connectivity index (χ1v) is 19.5. The van der Waals surface area contributed by atoms with Crippen LogP contribution in [0.1, 0.15) is 22.3 Å². The molecule has 0 atom stereocenters. The summed E-state index contributed by atoms with van der Waals surface area (Å²) in [6, 6.07) is 84.5. The first-order chi connectivity index (χ1) is 28.3. The third-order valence-electron chi connectivity index (χ3n) is 11.2. The summed E-state index contributed by atoms with van der Waals surface area (Å²) >= 11 is 0. The molecule has 1 aliphatic carbocycles. The quantitative estimate of drug-likeness (QED) is 0.147. The van der Waals surface area contributed by atoms with E-state index in [0.29, 0.717) is 0 Å². The van der Waals surface area contributed by atoms with Gasteiger partial charge in [0, 0.05) is 22.5 Å². The van der Waals surface area contributed by atoms with Crippen molar-refractivity contribution in [2.24, 2.45) is 0 Å². The van der Waals surface area contributed by atoms with Gasteiger partial charge in [-0.05, 0) is 93.0 Å². The van der Waals surface area contributed by atoms with E-state index in [9.17, 15) is 0 Å². The summed E-state index contributed by atoms with van der Waals surface area (Å²) in [5, 5.41) is 0. The van der Waals surface area contributed by atoms with E-state index < -0.39 is 5.41 Å². The highest BCUT2D eigenvalue weighted by molar-refractivity contribution is 5.97. The monoisotopic (exact) mass is 729 g/mol. The zero-order chi connectivity index (χ0) is 38.0. The van der Waals surface area contributed by atoms with Gasteiger partial charge >= 0.3 is 0 Å². The first-order valence-electron chi connectivity index (χ1n) is 19.5. The highest BCUT2D eigenvalue weighted by Crippen LogP contribution is 2.62. The van der Waals surface area contributed by atoms with E-state index in [1.54, 1.807) is 0 Å². The van der Waals surface area contributed by atoms with E-state index in [0.717, 1.165) is 39.7 Å². The van der Waals surface area contributed by atoms with Crippen molar-refractivity contribution >= 4 is 17.1 Å². The Labute approximate surface area is 334 Å². The molecule has 270 valence electrons. The van der Waals surface area contributed by atoms with E-state index in [2.05, 4.69) is 211 Å². The molecule has 1 aliphatic rings. The molecule has 0 aromatic heterocycles. The molecule has 57 heavy (non-hydrogen) atoms. The van der Waals surface area contributed by atoms with Crippen molar-refractivity contribution in [1.82, 2.24) is 0 Å². The molecule has 0 radical (unpaired) electrons. The van der Waals surface area contributed by atoms with Crippen LogP contribution in [0.2, 0.25) is 0 Å². The third-order valence-corrected chi connectivity index (χ3v) is 11.2. The van der Waals surface area contributed by atoms with Crippen molar-refractivity contribution in [3.63, 3.8) is 0 Å². The minimum Gasteiger partial charge on any atom is -0.457 e. The number of fused-ring (bicyclic) bond motifs is 3. The molecule has 0 N–H and O–H groups in total. The lowest BCUT2D eigenvalue weighted by Gasteiger charge is -2.38. The summed E-state index contributed by atoms with van der Waals surface area (Å²) < 4.78 is 6.90. The topological polar surface area (TPSA) is 12.5 Å². The molecule has 9 aromatic carbocycles. The van der Waals surface area contributed by atoms with Crippen molar-refractivity contribution in [1.29, 1.82) is 0 Å². The fourth-order valence-corrected chi connectivity index (χ4v) is 8.71. The predicted octanol–water partition coefficient (Wildman–Crippen LogP) is 14.6. The third kappa shape index (κ3) is 6.00. The zero-order valence-electron chi connectivity index (χ0n) is 31.4. The Balaban J connectivity index is 1.28. The van der Waals surface area contributed by atoms with Crippen LogP contribution >= 0.6 is 0 Å². The Kier molecular flexibility index (Phi) is 8.78. The Morgan fingerprint density at radius 2 is 0.772 bits per heavy atom. The molecule has 0 saturated carbocycles. The van der Waals surface area contributed by atoms with Gasteiger partial charge in [-0.15, -0.1) is 0 Å². The molecule has 0 fully saturated rings. The van der Waals surface area contributed by atoms with Gasteiger partial charge in [-0.25, -0.2) is 0 Å². The normalized spacial score (nSPS) is 12.4. The first kappa shape index (κ1) is 34.1. The lowest BCUT2D eigenvalue weighted by Crippen LogP contribution is -2.30. The van der Waals surface area contributed by atoms with Gasteiger partial charge in [0.15, 0.2) is 0 Å². The van der Waals surface area contributed by atoms with Crippen LogP contribution in [0.15, 0.2) is 237 Å². The largest absolute Gasteiger partial charge is 0.457 e. The Bertz CT molecular complexity index is 2640. The SMILES string of the molecule is c1ccc(Oc2ccc(N(c3ccc(-c4ccccc4)cc3)c3ccc(-c4ccccc4)cc3)c3c2-c2ccccc2C3(c2ccccc2)c2ccccc2)cc1. The van der Waals surface area contributed by atoms with Crippen LogP contribution in [0.25, 0.3) is 33.4 Å². The van der Waals surface area contributed by atoms with Crippen LogP contribution in [0.5, 0.6) is 11.5 Å². The maximum atomic E-state index is 6.90. The Hall–Kier alpha value is -7.42. The van der Waals surface area contributed by atoms with Gasteiger partial charge in [-0.1, -0.05) is 188 Å². The van der Waals surface area contributed by atoms with Gasteiger partial charge in [-0.3, -0.25) is 0 Å². The van der Waals surface area contributed by atoms with Gasteiger partial charge in [0.05, 0.1) is 11.1 Å². The number of hydrogen-bond acceptors (Lipinski definition) is 2. The molecule has 0 bridgehead atoms. The highest BCUT2D eigenvalue weighted by Gasteiger charge is 2.49. The second-order valence-corrected chi connectivity index (χ2v) is 14.4. The van der Waals surface area contributed by atoms with Gasteiger partial charge in [0.2, 0.25) is 0 Å². The maximum absolute atomic E-state index is 6.90. The molecule has 0 heterocycles. The molecule has 0 aliphatic heterocycles. The maximum Gasteiger partial charge on any atom is 0.135 e. The summed E-state index contributed by atoms with van der Waals surface area (Å²) in [6.07, 6.45) is 0. The van der Waals surface area contributed by atoms with Crippen LogP contribution < -0.4 is 9.64 Å². The zero-order valence-corrected chi connectivity index (χ0v) is 31.4. The molecule has 10 rings (SSSR count). The van der Waals surface area contributed by atoms with E-state index in [-0.39, 0.29) is 0 Å². The van der Waals surface area contributed by atoms with E-state index >= 15 is 0 Å². The lowest BCUT2D eigenvalue weighted by atomic mass is 9.67. The van der Waals surface area contributed by atoms with Crippen LogP contribution in [0.3, 0.4) is 0 Å². The average Bonchev–Trinajstić information content (AvgIpc) is 3.62. The Morgan fingerprint density at radius 3 is 1.28 bits per heavy atom. The van der Waals surface area contributed by atoms with Crippen molar-refractivity contribution in [2.75, 3.05) is 4.90 Å². The number of hydrogen-bond donors (Lipinski definition) is 0. The van der Waals surface area contributed by atoms with Crippen LogP contribution in [-0.4, -0.2) is 0 Å². The summed E-state index contributed by atoms with van der Waals surface area (Å²) in [5.74, 6) is 1.62.